The zero-order chi connectivity index (χ0) is 19.2. The Labute approximate surface area is 157 Å². The largest absolute Gasteiger partial charge is 0.507 e. The van der Waals surface area contributed by atoms with Gasteiger partial charge in [-0.1, -0.05) is 35.4 Å². The molecule has 3 aromatic rings. The van der Waals surface area contributed by atoms with Crippen LogP contribution in [0.25, 0.3) is 22.3 Å². The van der Waals surface area contributed by atoms with Gasteiger partial charge in [-0.3, -0.25) is 0 Å². The highest BCUT2D eigenvalue weighted by molar-refractivity contribution is 5.87. The first-order chi connectivity index (χ1) is 12.2. The van der Waals surface area contributed by atoms with Gasteiger partial charge in [-0.25, -0.2) is 0 Å². The number of benzene rings is 3. The van der Waals surface area contributed by atoms with Gasteiger partial charge in [0.05, 0.1) is 0 Å². The molecule has 1 heteroatoms. The van der Waals surface area contributed by atoms with E-state index in [4.69, 9.17) is 0 Å². The Balaban J connectivity index is 2.34. The van der Waals surface area contributed by atoms with Crippen LogP contribution < -0.4 is 0 Å². The van der Waals surface area contributed by atoms with E-state index in [1.807, 2.05) is 0 Å². The minimum Gasteiger partial charge on any atom is -0.507 e. The summed E-state index contributed by atoms with van der Waals surface area (Å²) in [4.78, 5) is 0. The van der Waals surface area contributed by atoms with E-state index in [1.54, 1.807) is 0 Å². The second-order valence-corrected chi connectivity index (χ2v) is 7.76. The zero-order valence-electron chi connectivity index (χ0n) is 16.9. The fraction of sp³-hybridized carbons (Fsp3) is 0.280. The SMILES string of the molecule is Cc1cc(C)c(-c2cc(C)cc(-c3c(C)cc(C)cc3C)c2O)c(C)c1. The van der Waals surface area contributed by atoms with E-state index in [2.05, 4.69) is 84.9 Å². The van der Waals surface area contributed by atoms with E-state index in [0.29, 0.717) is 5.75 Å². The molecule has 26 heavy (non-hydrogen) atoms. The molecular weight excluding hydrogens is 316 g/mol. The van der Waals surface area contributed by atoms with Gasteiger partial charge in [0.25, 0.3) is 0 Å². The molecule has 0 heterocycles. The lowest BCUT2D eigenvalue weighted by Crippen LogP contribution is -1.95. The van der Waals surface area contributed by atoms with Crippen molar-refractivity contribution in [2.75, 3.05) is 0 Å². The standard InChI is InChI=1S/C25H28O/c1-14-8-17(4)23(18(5)9-14)21-12-16(3)13-22(25(21)26)24-19(6)10-15(2)11-20(24)7/h8-13,26H,1-7H3. The first-order valence-corrected chi connectivity index (χ1v) is 9.19. The lowest BCUT2D eigenvalue weighted by molar-refractivity contribution is 0.479. The van der Waals surface area contributed by atoms with Crippen molar-refractivity contribution in [2.24, 2.45) is 0 Å². The number of hydrogen-bond donors (Lipinski definition) is 1. The maximum absolute atomic E-state index is 11.3. The molecule has 0 unspecified atom stereocenters. The van der Waals surface area contributed by atoms with E-state index >= 15 is 0 Å². The van der Waals surface area contributed by atoms with E-state index in [0.717, 1.165) is 27.8 Å². The van der Waals surface area contributed by atoms with Crippen LogP contribution in [0.1, 0.15) is 38.9 Å². The van der Waals surface area contributed by atoms with Crippen LogP contribution in [0.5, 0.6) is 5.75 Å². The van der Waals surface area contributed by atoms with Crippen molar-refractivity contribution < 1.29 is 5.11 Å². The Bertz CT molecular complexity index is 884. The quantitative estimate of drug-likeness (QED) is 0.537. The van der Waals surface area contributed by atoms with Crippen molar-refractivity contribution in [1.29, 1.82) is 0 Å². The average Bonchev–Trinajstić information content (AvgIpc) is 2.49. The number of phenols is 1. The zero-order valence-corrected chi connectivity index (χ0v) is 16.9. The van der Waals surface area contributed by atoms with Gasteiger partial charge in [-0.05, 0) is 99.5 Å². The Morgan fingerprint density at radius 1 is 0.462 bits per heavy atom. The number of aryl methyl sites for hydroxylation is 7. The highest BCUT2D eigenvalue weighted by Crippen LogP contribution is 2.43. The van der Waals surface area contributed by atoms with E-state index < -0.39 is 0 Å². The lowest BCUT2D eigenvalue weighted by atomic mass is 9.87. The molecule has 0 amide bonds. The molecule has 0 bridgehead atoms. The summed E-state index contributed by atoms with van der Waals surface area (Å²) in [5.41, 5.74) is 12.6. The average molecular weight is 344 g/mol. The molecule has 0 spiro atoms. The molecule has 3 aromatic carbocycles. The summed E-state index contributed by atoms with van der Waals surface area (Å²) in [7, 11) is 0. The minimum absolute atomic E-state index is 0.376. The Kier molecular flexibility index (Phi) is 4.66. The molecule has 0 aliphatic heterocycles. The molecule has 0 atom stereocenters. The second-order valence-electron chi connectivity index (χ2n) is 7.76. The van der Waals surface area contributed by atoms with E-state index in [-0.39, 0.29) is 0 Å². The summed E-state index contributed by atoms with van der Waals surface area (Å²) < 4.78 is 0. The van der Waals surface area contributed by atoms with Crippen LogP contribution in [0.3, 0.4) is 0 Å². The number of hydrogen-bond acceptors (Lipinski definition) is 1. The van der Waals surface area contributed by atoms with Gasteiger partial charge in [0, 0.05) is 11.1 Å². The van der Waals surface area contributed by atoms with E-state index in [9.17, 15) is 5.11 Å². The molecule has 0 fully saturated rings. The van der Waals surface area contributed by atoms with E-state index in [1.165, 1.54) is 33.4 Å². The molecule has 134 valence electrons. The highest BCUT2D eigenvalue weighted by Gasteiger charge is 2.18. The summed E-state index contributed by atoms with van der Waals surface area (Å²) in [6, 6.07) is 12.9. The van der Waals surface area contributed by atoms with Crippen LogP contribution in [0.2, 0.25) is 0 Å². The normalized spacial score (nSPS) is 11.0. The summed E-state index contributed by atoms with van der Waals surface area (Å²) >= 11 is 0. The van der Waals surface area contributed by atoms with Gasteiger partial charge in [0.1, 0.15) is 5.75 Å². The van der Waals surface area contributed by atoms with Crippen molar-refractivity contribution in [1.82, 2.24) is 0 Å². The lowest BCUT2D eigenvalue weighted by Gasteiger charge is -2.19. The molecule has 3 rings (SSSR count). The van der Waals surface area contributed by atoms with Crippen LogP contribution in [0, 0.1) is 48.5 Å². The van der Waals surface area contributed by atoms with Gasteiger partial charge in [0.2, 0.25) is 0 Å². The number of aromatic hydroxyl groups is 1. The third kappa shape index (κ3) is 3.14. The summed E-state index contributed by atoms with van der Waals surface area (Å²) in [5.74, 6) is 0.376. The van der Waals surface area contributed by atoms with Gasteiger partial charge in [-0.15, -0.1) is 0 Å². The van der Waals surface area contributed by atoms with Crippen molar-refractivity contribution in [3.05, 3.63) is 75.3 Å². The van der Waals surface area contributed by atoms with Crippen LogP contribution in [-0.2, 0) is 0 Å². The smallest absolute Gasteiger partial charge is 0.131 e. The Hall–Kier alpha value is -2.54. The fourth-order valence-electron chi connectivity index (χ4n) is 4.37. The summed E-state index contributed by atoms with van der Waals surface area (Å²) in [5, 5.41) is 11.3. The van der Waals surface area contributed by atoms with Crippen molar-refractivity contribution >= 4 is 0 Å². The Morgan fingerprint density at radius 2 is 0.731 bits per heavy atom. The molecule has 0 aliphatic rings. The third-order valence-electron chi connectivity index (χ3n) is 5.15. The molecular formula is C25H28O. The molecule has 0 aliphatic carbocycles. The molecule has 1 N–H and O–H groups in total. The van der Waals surface area contributed by atoms with Gasteiger partial charge in [-0.2, -0.15) is 0 Å². The number of rotatable bonds is 2. The highest BCUT2D eigenvalue weighted by atomic mass is 16.3. The van der Waals surface area contributed by atoms with Gasteiger partial charge in [0.15, 0.2) is 0 Å². The van der Waals surface area contributed by atoms with Crippen molar-refractivity contribution in [3.8, 4) is 28.0 Å². The van der Waals surface area contributed by atoms with Crippen molar-refractivity contribution in [2.45, 2.75) is 48.5 Å². The second kappa shape index (κ2) is 6.64. The topological polar surface area (TPSA) is 20.2 Å². The monoisotopic (exact) mass is 344 g/mol. The molecule has 0 radical (unpaired) electrons. The van der Waals surface area contributed by atoms with Crippen LogP contribution in [0.4, 0.5) is 0 Å². The Morgan fingerprint density at radius 3 is 1.04 bits per heavy atom. The van der Waals surface area contributed by atoms with Crippen LogP contribution >= 0.6 is 0 Å². The third-order valence-corrected chi connectivity index (χ3v) is 5.15. The molecule has 0 saturated carbocycles. The van der Waals surface area contributed by atoms with Gasteiger partial charge < -0.3 is 5.11 Å². The van der Waals surface area contributed by atoms with Crippen LogP contribution in [-0.4, -0.2) is 5.11 Å². The predicted octanol–water partition coefficient (Wildman–Crippen LogP) is 6.89. The first-order valence-electron chi connectivity index (χ1n) is 9.19. The maximum atomic E-state index is 11.3. The first kappa shape index (κ1) is 18.3. The molecule has 0 aromatic heterocycles. The van der Waals surface area contributed by atoms with Crippen molar-refractivity contribution in [3.63, 3.8) is 0 Å². The summed E-state index contributed by atoms with van der Waals surface area (Å²) in [6.45, 7) is 14.8. The maximum Gasteiger partial charge on any atom is 0.131 e. The van der Waals surface area contributed by atoms with Gasteiger partial charge >= 0.3 is 0 Å². The van der Waals surface area contributed by atoms with Crippen LogP contribution in [0.15, 0.2) is 36.4 Å². The minimum atomic E-state index is 0.376. The molecule has 0 saturated heterocycles. The molecule has 1 nitrogen and oxygen atoms in total. The number of phenolic OH excluding ortho intramolecular Hbond substituents is 1. The predicted molar refractivity (Wildman–Crippen MR) is 112 cm³/mol. The summed E-state index contributed by atoms with van der Waals surface area (Å²) in [6.07, 6.45) is 0. The fourth-order valence-corrected chi connectivity index (χ4v) is 4.37.